The Bertz CT molecular complexity index is 726. The number of nitrogens with one attached hydrogen (secondary N) is 1. The molecule has 0 spiro atoms. The van der Waals surface area contributed by atoms with Gasteiger partial charge < -0.3 is 5.21 Å². The van der Waals surface area contributed by atoms with E-state index in [2.05, 4.69) is 9.98 Å². The van der Waals surface area contributed by atoms with Gasteiger partial charge in [-0.2, -0.15) is 0 Å². The molecule has 2 aromatic rings. The van der Waals surface area contributed by atoms with Crippen LogP contribution in [-0.4, -0.2) is 16.4 Å². The van der Waals surface area contributed by atoms with Gasteiger partial charge in [0.15, 0.2) is 5.69 Å². The van der Waals surface area contributed by atoms with Crippen molar-refractivity contribution in [2.75, 3.05) is 0 Å². The standard InChI is InChI=1S/C16H17N3O/c1-16(2,3)18-13-9-8-12-7-6-11-5-4-10-17-14(11)15(12)19(13)20/h4-10,19H,1-3H3. The van der Waals surface area contributed by atoms with Crippen molar-refractivity contribution in [3.8, 4) is 0 Å². The second-order valence-corrected chi connectivity index (χ2v) is 5.94. The van der Waals surface area contributed by atoms with Crippen molar-refractivity contribution in [1.82, 2.24) is 4.98 Å². The van der Waals surface area contributed by atoms with Crippen LogP contribution < -0.4 is 5.06 Å². The predicted molar refractivity (Wildman–Crippen MR) is 82.0 cm³/mol. The van der Waals surface area contributed by atoms with Crippen LogP contribution in [0.4, 0.5) is 5.69 Å². The summed E-state index contributed by atoms with van der Waals surface area (Å²) in [6, 6.07) is 7.79. The highest BCUT2D eigenvalue weighted by atomic mass is 16.5. The van der Waals surface area contributed by atoms with Crippen LogP contribution in [0.25, 0.3) is 17.0 Å². The molecule has 0 saturated carbocycles. The first kappa shape index (κ1) is 13.0. The van der Waals surface area contributed by atoms with E-state index >= 15 is 0 Å². The van der Waals surface area contributed by atoms with E-state index < -0.39 is 0 Å². The molecular weight excluding hydrogens is 250 g/mol. The zero-order valence-corrected chi connectivity index (χ0v) is 11.8. The fourth-order valence-electron chi connectivity index (χ4n) is 2.36. The molecule has 1 aromatic heterocycles. The van der Waals surface area contributed by atoms with Crippen molar-refractivity contribution in [2.45, 2.75) is 26.3 Å². The van der Waals surface area contributed by atoms with Gasteiger partial charge in [0.2, 0.25) is 5.84 Å². The molecule has 4 heteroatoms. The summed E-state index contributed by atoms with van der Waals surface area (Å²) < 4.78 is 0. The number of nitrogens with zero attached hydrogens (tertiary/aromatic N) is 2. The summed E-state index contributed by atoms with van der Waals surface area (Å²) in [6.45, 7) is 5.95. The maximum absolute atomic E-state index is 12.7. The Morgan fingerprint density at radius 2 is 1.95 bits per heavy atom. The number of benzene rings is 1. The number of aliphatic imine (C=N–C) groups is 1. The quantitative estimate of drug-likeness (QED) is 0.745. The van der Waals surface area contributed by atoms with Gasteiger partial charge in [-0.25, -0.2) is 9.98 Å². The van der Waals surface area contributed by atoms with Gasteiger partial charge >= 0.3 is 0 Å². The van der Waals surface area contributed by atoms with E-state index in [0.717, 1.165) is 16.5 Å². The Kier molecular flexibility index (Phi) is 2.92. The minimum Gasteiger partial charge on any atom is -0.622 e. The van der Waals surface area contributed by atoms with Crippen molar-refractivity contribution in [3.05, 3.63) is 47.3 Å². The number of amidine groups is 1. The SMILES string of the molecule is CC(C)(C)N=C1C=Cc2ccc3cccnc3c2[NH+]1[O-]. The van der Waals surface area contributed by atoms with Crippen molar-refractivity contribution in [2.24, 2.45) is 4.99 Å². The van der Waals surface area contributed by atoms with E-state index in [0.29, 0.717) is 11.5 Å². The number of quaternary nitrogens is 1. The van der Waals surface area contributed by atoms with E-state index in [-0.39, 0.29) is 10.6 Å². The average molecular weight is 267 g/mol. The molecule has 1 aliphatic rings. The van der Waals surface area contributed by atoms with Crippen LogP contribution >= 0.6 is 0 Å². The van der Waals surface area contributed by atoms with Gasteiger partial charge in [-0.3, -0.25) is 5.06 Å². The summed E-state index contributed by atoms with van der Waals surface area (Å²) in [5.41, 5.74) is 2.05. The largest absolute Gasteiger partial charge is 0.622 e. The first-order chi connectivity index (χ1) is 9.46. The molecule has 0 amide bonds. The summed E-state index contributed by atoms with van der Waals surface area (Å²) in [7, 11) is 0. The molecule has 4 nitrogen and oxygen atoms in total. The van der Waals surface area contributed by atoms with Gasteiger partial charge in [0.1, 0.15) is 5.52 Å². The highest BCUT2D eigenvalue weighted by Gasteiger charge is 2.23. The third-order valence-corrected chi connectivity index (χ3v) is 3.14. The molecule has 1 aromatic carbocycles. The van der Waals surface area contributed by atoms with Gasteiger partial charge in [0, 0.05) is 23.2 Å². The van der Waals surface area contributed by atoms with E-state index in [1.165, 1.54) is 0 Å². The van der Waals surface area contributed by atoms with Crippen LogP contribution in [0.3, 0.4) is 0 Å². The number of hydrogen-bond donors (Lipinski definition) is 1. The molecule has 20 heavy (non-hydrogen) atoms. The van der Waals surface area contributed by atoms with E-state index in [1.54, 1.807) is 12.3 Å². The molecule has 0 bridgehead atoms. The van der Waals surface area contributed by atoms with Gasteiger partial charge in [-0.1, -0.05) is 12.1 Å². The Labute approximate surface area is 118 Å². The van der Waals surface area contributed by atoms with Gasteiger partial charge in [0.25, 0.3) is 0 Å². The number of pyridine rings is 1. The summed E-state index contributed by atoms with van der Waals surface area (Å²) in [4.78, 5) is 8.87. The normalized spacial score (nSPS) is 20.4. The maximum atomic E-state index is 12.7. The molecular formula is C16H17N3O. The molecule has 0 fully saturated rings. The van der Waals surface area contributed by atoms with Gasteiger partial charge in [-0.15, -0.1) is 0 Å². The van der Waals surface area contributed by atoms with Crippen LogP contribution in [-0.2, 0) is 0 Å². The number of rotatable bonds is 0. The second-order valence-electron chi connectivity index (χ2n) is 5.94. The zero-order chi connectivity index (χ0) is 14.3. The Morgan fingerprint density at radius 3 is 2.70 bits per heavy atom. The van der Waals surface area contributed by atoms with Crippen molar-refractivity contribution in [1.29, 1.82) is 0 Å². The van der Waals surface area contributed by atoms with E-state index in [1.807, 2.05) is 51.1 Å². The summed E-state index contributed by atoms with van der Waals surface area (Å²) >= 11 is 0. The lowest BCUT2D eigenvalue weighted by atomic mass is 10.0. The lowest BCUT2D eigenvalue weighted by Gasteiger charge is -2.28. The molecule has 0 radical (unpaired) electrons. The van der Waals surface area contributed by atoms with Crippen LogP contribution in [0, 0.1) is 5.21 Å². The summed E-state index contributed by atoms with van der Waals surface area (Å²) in [5.74, 6) is 0.503. The molecule has 1 aliphatic heterocycles. The summed E-state index contributed by atoms with van der Waals surface area (Å²) in [5, 5.41) is 13.6. The van der Waals surface area contributed by atoms with Gasteiger partial charge in [0.05, 0.1) is 5.54 Å². The topological polar surface area (TPSA) is 52.8 Å². The number of aromatic nitrogens is 1. The minimum absolute atomic E-state index is 0.0401. The van der Waals surface area contributed by atoms with Crippen LogP contribution in [0.1, 0.15) is 26.3 Å². The van der Waals surface area contributed by atoms with Crippen LogP contribution in [0.15, 0.2) is 41.5 Å². The maximum Gasteiger partial charge on any atom is 0.227 e. The molecule has 3 rings (SSSR count). The van der Waals surface area contributed by atoms with Gasteiger partial charge in [-0.05, 0) is 39.0 Å². The lowest BCUT2D eigenvalue weighted by Crippen LogP contribution is -3.05. The number of fused-ring (bicyclic) bond motifs is 3. The highest BCUT2D eigenvalue weighted by molar-refractivity contribution is 6.01. The number of hydrogen-bond acceptors (Lipinski definition) is 3. The predicted octanol–water partition coefficient (Wildman–Crippen LogP) is 2.47. The average Bonchev–Trinajstić information content (AvgIpc) is 2.40. The zero-order valence-electron chi connectivity index (χ0n) is 11.8. The van der Waals surface area contributed by atoms with Crippen LogP contribution in [0.5, 0.6) is 0 Å². The molecule has 0 saturated heterocycles. The molecule has 1 unspecified atom stereocenters. The van der Waals surface area contributed by atoms with E-state index in [9.17, 15) is 5.21 Å². The Morgan fingerprint density at radius 1 is 1.15 bits per heavy atom. The van der Waals surface area contributed by atoms with Crippen LogP contribution in [0.2, 0.25) is 0 Å². The second kappa shape index (κ2) is 4.51. The molecule has 1 atom stereocenters. The monoisotopic (exact) mass is 267 g/mol. The Balaban J connectivity index is 2.21. The minimum atomic E-state index is -0.273. The Hall–Kier alpha value is -2.04. The van der Waals surface area contributed by atoms with Crippen molar-refractivity contribution < 1.29 is 5.06 Å². The fourth-order valence-corrected chi connectivity index (χ4v) is 2.36. The third kappa shape index (κ3) is 2.24. The molecule has 2 heterocycles. The fraction of sp³-hybridized carbons (Fsp3) is 0.250. The van der Waals surface area contributed by atoms with Crippen molar-refractivity contribution >= 4 is 28.5 Å². The smallest absolute Gasteiger partial charge is 0.227 e. The first-order valence-electron chi connectivity index (χ1n) is 6.66. The van der Waals surface area contributed by atoms with E-state index in [4.69, 9.17) is 0 Å². The summed E-state index contributed by atoms with van der Waals surface area (Å²) in [6.07, 6.45) is 5.45. The lowest BCUT2D eigenvalue weighted by molar-refractivity contribution is -0.666. The molecule has 1 N–H and O–H groups in total. The molecule has 0 aliphatic carbocycles. The van der Waals surface area contributed by atoms with Crippen molar-refractivity contribution in [3.63, 3.8) is 0 Å². The third-order valence-electron chi connectivity index (χ3n) is 3.14. The molecule has 102 valence electrons. The highest BCUT2D eigenvalue weighted by Crippen LogP contribution is 2.25. The first-order valence-corrected chi connectivity index (χ1v) is 6.66. The number of hydroxylamine groups is 1.